The summed E-state index contributed by atoms with van der Waals surface area (Å²) in [6, 6.07) is 7.93. The van der Waals surface area contributed by atoms with Crippen LogP contribution in [0.4, 0.5) is 21.6 Å². The molecule has 0 amide bonds. The third-order valence-electron chi connectivity index (χ3n) is 4.39. The van der Waals surface area contributed by atoms with Crippen molar-refractivity contribution in [1.29, 1.82) is 0 Å². The monoisotopic (exact) mass is 366 g/mol. The summed E-state index contributed by atoms with van der Waals surface area (Å²) >= 11 is 0. The highest BCUT2D eigenvalue weighted by molar-refractivity contribution is 5.99. The zero-order valence-corrected chi connectivity index (χ0v) is 14.6. The van der Waals surface area contributed by atoms with E-state index in [-0.39, 0.29) is 11.9 Å². The van der Waals surface area contributed by atoms with Crippen molar-refractivity contribution in [3.05, 3.63) is 54.6 Å². The molecule has 1 fully saturated rings. The minimum absolute atomic E-state index is 0.0990. The molecule has 7 heteroatoms. The lowest BCUT2D eigenvalue weighted by molar-refractivity contribution is 0.141. The van der Waals surface area contributed by atoms with E-state index < -0.39 is 0 Å². The largest absolute Gasteiger partial charge is 0.486 e. The lowest BCUT2D eigenvalue weighted by atomic mass is 10.1. The quantitative estimate of drug-likeness (QED) is 0.667. The van der Waals surface area contributed by atoms with Gasteiger partial charge in [0, 0.05) is 18.2 Å². The van der Waals surface area contributed by atoms with Crippen LogP contribution < -0.4 is 15.8 Å². The summed E-state index contributed by atoms with van der Waals surface area (Å²) in [5.41, 5.74) is 8.63. The lowest BCUT2D eigenvalue weighted by Crippen LogP contribution is -2.16. The fraction of sp³-hybridized carbons (Fsp3) is 0.200. The van der Waals surface area contributed by atoms with Gasteiger partial charge in [0.2, 0.25) is 0 Å². The number of nitrogens with one attached hydrogen (secondary N) is 1. The molecule has 1 unspecified atom stereocenters. The Balaban J connectivity index is 1.75. The Morgan fingerprint density at radius 1 is 1.30 bits per heavy atom. The predicted molar refractivity (Wildman–Crippen MR) is 104 cm³/mol. The molecule has 1 aliphatic rings. The van der Waals surface area contributed by atoms with Crippen LogP contribution in [-0.4, -0.2) is 29.3 Å². The molecule has 1 atom stereocenters. The summed E-state index contributed by atoms with van der Waals surface area (Å²) < 4.78 is 25.1. The predicted octanol–water partition coefficient (Wildman–Crippen LogP) is 3.91. The molecule has 0 bridgehead atoms. The summed E-state index contributed by atoms with van der Waals surface area (Å²) in [6.07, 6.45) is 3.82. The van der Waals surface area contributed by atoms with E-state index in [0.717, 1.165) is 17.4 Å². The van der Waals surface area contributed by atoms with E-state index in [1.165, 1.54) is 18.5 Å². The minimum Gasteiger partial charge on any atom is -0.486 e. The van der Waals surface area contributed by atoms with Crippen molar-refractivity contribution in [3.8, 4) is 5.75 Å². The van der Waals surface area contributed by atoms with E-state index in [1.54, 1.807) is 18.2 Å². The second-order valence-corrected chi connectivity index (χ2v) is 6.30. The first-order valence-electron chi connectivity index (χ1n) is 8.61. The molecule has 2 heterocycles. The van der Waals surface area contributed by atoms with Crippen LogP contribution in [0, 0.1) is 5.82 Å². The smallest absolute Gasteiger partial charge is 0.146 e. The van der Waals surface area contributed by atoms with Crippen molar-refractivity contribution in [2.45, 2.75) is 12.5 Å². The van der Waals surface area contributed by atoms with Crippen LogP contribution in [0.15, 0.2) is 43.2 Å². The molecule has 0 radical (unpaired) electrons. The molecule has 3 aromatic rings. The van der Waals surface area contributed by atoms with E-state index in [9.17, 15) is 4.39 Å². The highest BCUT2D eigenvalue weighted by Crippen LogP contribution is 2.34. The normalized spacial score (nSPS) is 16.4. The number of anilines is 3. The van der Waals surface area contributed by atoms with Crippen LogP contribution in [0.3, 0.4) is 0 Å². The third kappa shape index (κ3) is 3.54. The molecule has 3 N–H and O–H groups in total. The molecule has 0 aliphatic carbocycles. The lowest BCUT2D eigenvalue weighted by Gasteiger charge is -2.17. The summed E-state index contributed by atoms with van der Waals surface area (Å²) in [5.74, 6) is 0.600. The summed E-state index contributed by atoms with van der Waals surface area (Å²) in [4.78, 5) is 8.64. The van der Waals surface area contributed by atoms with Crippen molar-refractivity contribution in [2.24, 2.45) is 0 Å². The van der Waals surface area contributed by atoms with Gasteiger partial charge < -0.3 is 20.5 Å². The standard InChI is InChI=1S/C20H19FN4O2/c1-2-12-7-14(22)9-17-19(12)20(24-11-23-17)25-16-4-3-13(21)8-18(16)27-15-5-6-26-10-15/h2-4,7-9,11,15H,1,5-6,10,22H2,(H,23,24,25). The Kier molecular flexibility index (Phi) is 4.60. The number of nitrogens with zero attached hydrogens (tertiary/aromatic N) is 2. The van der Waals surface area contributed by atoms with Crippen LogP contribution in [-0.2, 0) is 4.74 Å². The molecule has 2 aromatic carbocycles. The number of hydrogen-bond acceptors (Lipinski definition) is 6. The number of nitrogen functional groups attached to an aromatic ring is 1. The minimum atomic E-state index is -0.374. The highest BCUT2D eigenvalue weighted by atomic mass is 19.1. The maximum Gasteiger partial charge on any atom is 0.146 e. The molecular formula is C20H19FN4O2. The van der Waals surface area contributed by atoms with E-state index in [2.05, 4.69) is 21.9 Å². The van der Waals surface area contributed by atoms with Crippen molar-refractivity contribution in [1.82, 2.24) is 9.97 Å². The number of hydrogen-bond donors (Lipinski definition) is 2. The van der Waals surface area contributed by atoms with Gasteiger partial charge in [0.15, 0.2) is 0 Å². The van der Waals surface area contributed by atoms with Crippen molar-refractivity contribution in [3.63, 3.8) is 0 Å². The van der Waals surface area contributed by atoms with Gasteiger partial charge in [-0.1, -0.05) is 12.7 Å². The van der Waals surface area contributed by atoms with Gasteiger partial charge in [0.05, 0.1) is 29.8 Å². The van der Waals surface area contributed by atoms with Crippen LogP contribution >= 0.6 is 0 Å². The SMILES string of the molecule is C=Cc1cc(N)cc2ncnc(Nc3ccc(F)cc3OC3CCOC3)c12. The molecule has 1 saturated heterocycles. The zero-order chi connectivity index (χ0) is 18.8. The molecule has 1 aromatic heterocycles. The van der Waals surface area contributed by atoms with E-state index in [4.69, 9.17) is 15.2 Å². The van der Waals surface area contributed by atoms with Crippen LogP contribution in [0.2, 0.25) is 0 Å². The maximum atomic E-state index is 13.8. The van der Waals surface area contributed by atoms with Gasteiger partial charge in [-0.05, 0) is 29.8 Å². The van der Waals surface area contributed by atoms with Gasteiger partial charge in [-0.2, -0.15) is 0 Å². The second-order valence-electron chi connectivity index (χ2n) is 6.30. The van der Waals surface area contributed by atoms with Crippen molar-refractivity contribution < 1.29 is 13.9 Å². The van der Waals surface area contributed by atoms with Gasteiger partial charge >= 0.3 is 0 Å². The van der Waals surface area contributed by atoms with Gasteiger partial charge in [-0.3, -0.25) is 0 Å². The Bertz CT molecular complexity index is 1000. The molecule has 27 heavy (non-hydrogen) atoms. The number of benzene rings is 2. The van der Waals surface area contributed by atoms with E-state index in [1.807, 2.05) is 6.07 Å². The molecule has 138 valence electrons. The number of rotatable bonds is 5. The van der Waals surface area contributed by atoms with Crippen molar-refractivity contribution in [2.75, 3.05) is 24.3 Å². The van der Waals surface area contributed by atoms with Crippen LogP contribution in [0.5, 0.6) is 5.75 Å². The highest BCUT2D eigenvalue weighted by Gasteiger charge is 2.20. The number of nitrogens with two attached hydrogens (primary N) is 1. The third-order valence-corrected chi connectivity index (χ3v) is 4.39. The Morgan fingerprint density at radius 2 is 2.19 bits per heavy atom. The van der Waals surface area contributed by atoms with Gasteiger partial charge in [0.25, 0.3) is 0 Å². The van der Waals surface area contributed by atoms with Gasteiger partial charge in [-0.25, -0.2) is 14.4 Å². The first-order chi connectivity index (χ1) is 13.1. The summed E-state index contributed by atoms with van der Waals surface area (Å²) in [5, 5.41) is 4.02. The first kappa shape index (κ1) is 17.2. The fourth-order valence-electron chi connectivity index (χ4n) is 3.11. The molecule has 6 nitrogen and oxygen atoms in total. The Hall–Kier alpha value is -3.19. The maximum absolute atomic E-state index is 13.8. The van der Waals surface area contributed by atoms with Crippen LogP contribution in [0.25, 0.3) is 17.0 Å². The van der Waals surface area contributed by atoms with E-state index in [0.29, 0.717) is 41.7 Å². The number of halogens is 1. The first-order valence-corrected chi connectivity index (χ1v) is 8.61. The van der Waals surface area contributed by atoms with Gasteiger partial charge in [-0.15, -0.1) is 0 Å². The fourth-order valence-corrected chi connectivity index (χ4v) is 3.11. The zero-order valence-electron chi connectivity index (χ0n) is 14.6. The van der Waals surface area contributed by atoms with Crippen LogP contribution in [0.1, 0.15) is 12.0 Å². The number of ether oxygens (including phenoxy) is 2. The summed E-state index contributed by atoms with van der Waals surface area (Å²) in [7, 11) is 0. The number of fused-ring (bicyclic) bond motifs is 1. The average Bonchev–Trinajstić information content (AvgIpc) is 3.16. The average molecular weight is 366 g/mol. The topological polar surface area (TPSA) is 82.3 Å². The molecular weight excluding hydrogens is 347 g/mol. The number of aromatic nitrogens is 2. The van der Waals surface area contributed by atoms with Crippen molar-refractivity contribution >= 4 is 34.2 Å². The molecule has 4 rings (SSSR count). The summed E-state index contributed by atoms with van der Waals surface area (Å²) in [6.45, 7) is 4.98. The Morgan fingerprint density at radius 3 is 2.96 bits per heavy atom. The second kappa shape index (κ2) is 7.20. The molecule has 0 saturated carbocycles. The van der Waals surface area contributed by atoms with Gasteiger partial charge in [0.1, 0.15) is 29.8 Å². The van der Waals surface area contributed by atoms with E-state index >= 15 is 0 Å². The molecule has 1 aliphatic heterocycles. The Labute approximate surface area is 155 Å². The molecule has 0 spiro atoms.